The van der Waals surface area contributed by atoms with E-state index in [1.165, 1.54) is 4.90 Å². The van der Waals surface area contributed by atoms with Gasteiger partial charge in [-0.2, -0.15) is 0 Å². The maximum Gasteiger partial charge on any atom is 0.154 e. The Hall–Kier alpha value is -0.360. The molecule has 0 aliphatic heterocycles. The van der Waals surface area contributed by atoms with Crippen LogP contribution in [0.2, 0.25) is 0 Å². The largest absolute Gasteiger partial charge is 0.324 e. The monoisotopic (exact) mass is 314 g/mol. The fraction of sp³-hybridized carbons (Fsp3) is 0.182. The van der Waals surface area contributed by atoms with E-state index in [2.05, 4.69) is 39.1 Å². The van der Waals surface area contributed by atoms with Crippen LogP contribution in [0.1, 0.15) is 18.5 Å². The van der Waals surface area contributed by atoms with Gasteiger partial charge in [0.2, 0.25) is 0 Å². The second-order valence-corrected chi connectivity index (χ2v) is 6.44. The van der Waals surface area contributed by atoms with Crippen LogP contribution in [0.25, 0.3) is 0 Å². The van der Waals surface area contributed by atoms with E-state index in [0.717, 1.165) is 14.4 Å². The van der Waals surface area contributed by atoms with Crippen molar-refractivity contribution in [3.8, 4) is 0 Å². The van der Waals surface area contributed by atoms with Crippen molar-refractivity contribution in [1.29, 1.82) is 0 Å². The molecule has 1 atom stereocenters. The van der Waals surface area contributed by atoms with Crippen molar-refractivity contribution < 1.29 is 0 Å². The molecule has 2 N–H and O–H groups in total. The fourth-order valence-electron chi connectivity index (χ4n) is 1.30. The predicted molar refractivity (Wildman–Crippen MR) is 73.0 cm³/mol. The summed E-state index contributed by atoms with van der Waals surface area (Å²) in [5.41, 5.74) is 6.98. The Bertz CT molecular complexity index is 469. The summed E-state index contributed by atoms with van der Waals surface area (Å²) >= 11 is 6.85. The molecule has 0 radical (unpaired) electrons. The number of rotatable bonds is 3. The molecule has 0 aliphatic carbocycles. The highest BCUT2D eigenvalue weighted by Crippen LogP contribution is 2.33. The fourth-order valence-corrected chi connectivity index (χ4v) is 3.83. The lowest BCUT2D eigenvalue weighted by Gasteiger charge is -2.09. The Morgan fingerprint density at radius 1 is 1.50 bits per heavy atom. The van der Waals surface area contributed by atoms with Crippen LogP contribution >= 0.6 is 39.0 Å². The summed E-state index contributed by atoms with van der Waals surface area (Å²) in [6.07, 6.45) is 1.82. The van der Waals surface area contributed by atoms with Crippen molar-refractivity contribution in [2.24, 2.45) is 5.73 Å². The molecule has 1 aromatic heterocycles. The van der Waals surface area contributed by atoms with Gasteiger partial charge in [-0.1, -0.05) is 33.8 Å². The number of nitrogens with two attached hydrogens (primary N) is 1. The Balaban J connectivity index is 2.21. The Morgan fingerprint density at radius 3 is 2.88 bits per heavy atom. The molecule has 0 saturated heterocycles. The van der Waals surface area contributed by atoms with Crippen molar-refractivity contribution >= 4 is 39.0 Å². The highest BCUT2D eigenvalue weighted by molar-refractivity contribution is 9.10. The molecule has 16 heavy (non-hydrogen) atoms. The van der Waals surface area contributed by atoms with Crippen LogP contribution in [0, 0.1) is 0 Å². The molecule has 2 nitrogen and oxygen atoms in total. The number of nitrogens with zero attached hydrogens (tertiary/aromatic N) is 1. The van der Waals surface area contributed by atoms with Crippen molar-refractivity contribution in [2.75, 3.05) is 0 Å². The first kappa shape index (κ1) is 12.1. The van der Waals surface area contributed by atoms with Crippen molar-refractivity contribution in [1.82, 2.24) is 4.98 Å². The van der Waals surface area contributed by atoms with Crippen molar-refractivity contribution in [3.63, 3.8) is 0 Å². The van der Waals surface area contributed by atoms with E-state index in [4.69, 9.17) is 5.73 Å². The average molecular weight is 315 g/mol. The molecule has 1 aromatic carbocycles. The summed E-state index contributed by atoms with van der Waals surface area (Å²) in [5, 5.41) is 1.98. The van der Waals surface area contributed by atoms with Gasteiger partial charge >= 0.3 is 0 Å². The van der Waals surface area contributed by atoms with Gasteiger partial charge in [0.05, 0.1) is 0 Å². The summed E-state index contributed by atoms with van der Waals surface area (Å²) in [4.78, 5) is 5.41. The third-order valence-corrected chi connectivity index (χ3v) is 4.64. The van der Waals surface area contributed by atoms with Gasteiger partial charge in [-0.3, -0.25) is 0 Å². The van der Waals surface area contributed by atoms with E-state index in [-0.39, 0.29) is 6.04 Å². The lowest BCUT2D eigenvalue weighted by Crippen LogP contribution is -2.05. The number of benzene rings is 1. The lowest BCUT2D eigenvalue weighted by atomic mass is 10.1. The highest BCUT2D eigenvalue weighted by atomic mass is 79.9. The summed E-state index contributed by atoms with van der Waals surface area (Å²) < 4.78 is 2.12. The molecule has 0 unspecified atom stereocenters. The van der Waals surface area contributed by atoms with Crippen LogP contribution in [0.5, 0.6) is 0 Å². The summed E-state index contributed by atoms with van der Waals surface area (Å²) in [6.45, 7) is 1.98. The number of aromatic nitrogens is 1. The molecule has 2 rings (SSSR count). The first-order chi connectivity index (χ1) is 7.66. The van der Waals surface area contributed by atoms with Crippen LogP contribution in [0.3, 0.4) is 0 Å². The van der Waals surface area contributed by atoms with Gasteiger partial charge in [0, 0.05) is 27.0 Å². The minimum absolute atomic E-state index is 0.0493. The highest BCUT2D eigenvalue weighted by Gasteiger charge is 2.07. The van der Waals surface area contributed by atoms with E-state index in [0.29, 0.717) is 0 Å². The minimum Gasteiger partial charge on any atom is -0.324 e. The molecule has 0 saturated carbocycles. The van der Waals surface area contributed by atoms with Crippen LogP contribution in [0.15, 0.2) is 43.5 Å². The van der Waals surface area contributed by atoms with E-state index in [1.54, 1.807) is 23.1 Å². The number of halogens is 1. The quantitative estimate of drug-likeness (QED) is 0.928. The molecular weight excluding hydrogens is 304 g/mol. The van der Waals surface area contributed by atoms with E-state index in [1.807, 2.05) is 18.5 Å². The van der Waals surface area contributed by atoms with Crippen LogP contribution in [0.4, 0.5) is 0 Å². The molecule has 5 heteroatoms. The zero-order valence-electron chi connectivity index (χ0n) is 8.68. The van der Waals surface area contributed by atoms with Gasteiger partial charge in [0.1, 0.15) is 0 Å². The zero-order chi connectivity index (χ0) is 11.5. The second-order valence-electron chi connectivity index (χ2n) is 3.37. The van der Waals surface area contributed by atoms with Crippen LogP contribution in [-0.2, 0) is 0 Å². The predicted octanol–water partition coefficient (Wildman–Crippen LogP) is 4.08. The first-order valence-electron chi connectivity index (χ1n) is 4.79. The van der Waals surface area contributed by atoms with Gasteiger partial charge in [0.25, 0.3) is 0 Å². The topological polar surface area (TPSA) is 38.9 Å². The van der Waals surface area contributed by atoms with E-state index < -0.39 is 0 Å². The molecule has 0 bridgehead atoms. The maximum atomic E-state index is 5.85. The van der Waals surface area contributed by atoms with E-state index in [9.17, 15) is 0 Å². The number of hydrogen-bond donors (Lipinski definition) is 1. The standard InChI is InChI=1S/C11H11BrN2S2/c1-7(13)9-3-2-8(6-10(9)12)16-11-14-4-5-15-11/h2-7H,13H2,1H3/t7-/m1/s1. The number of hydrogen-bond acceptors (Lipinski definition) is 4. The molecular formula is C11H11BrN2S2. The Morgan fingerprint density at radius 2 is 2.31 bits per heavy atom. The molecule has 1 heterocycles. The Kier molecular flexibility index (Phi) is 4.02. The first-order valence-corrected chi connectivity index (χ1v) is 7.28. The summed E-state index contributed by atoms with van der Waals surface area (Å²) in [7, 11) is 0. The third-order valence-electron chi connectivity index (χ3n) is 2.08. The average Bonchev–Trinajstić information content (AvgIpc) is 2.70. The summed E-state index contributed by atoms with van der Waals surface area (Å²) in [5.74, 6) is 0. The second kappa shape index (κ2) is 5.31. The van der Waals surface area contributed by atoms with Gasteiger partial charge in [0.15, 0.2) is 4.34 Å². The zero-order valence-corrected chi connectivity index (χ0v) is 11.9. The normalized spacial score (nSPS) is 12.7. The summed E-state index contributed by atoms with van der Waals surface area (Å²) in [6, 6.07) is 6.28. The molecule has 0 spiro atoms. The molecule has 0 aliphatic rings. The number of thiazole rings is 1. The SMILES string of the molecule is C[C@@H](N)c1ccc(Sc2nccs2)cc1Br. The van der Waals surface area contributed by atoms with Crippen LogP contribution in [-0.4, -0.2) is 4.98 Å². The molecule has 0 amide bonds. The van der Waals surface area contributed by atoms with Gasteiger partial charge in [-0.05, 0) is 24.6 Å². The van der Waals surface area contributed by atoms with E-state index >= 15 is 0 Å². The lowest BCUT2D eigenvalue weighted by molar-refractivity contribution is 0.811. The van der Waals surface area contributed by atoms with Gasteiger partial charge in [-0.15, -0.1) is 11.3 Å². The third kappa shape index (κ3) is 2.85. The smallest absolute Gasteiger partial charge is 0.154 e. The van der Waals surface area contributed by atoms with Crippen LogP contribution < -0.4 is 5.73 Å². The van der Waals surface area contributed by atoms with Gasteiger partial charge in [-0.25, -0.2) is 4.98 Å². The molecule has 84 valence electrons. The maximum absolute atomic E-state index is 5.85. The van der Waals surface area contributed by atoms with Gasteiger partial charge < -0.3 is 5.73 Å². The molecule has 0 fully saturated rings. The van der Waals surface area contributed by atoms with Crippen molar-refractivity contribution in [2.45, 2.75) is 22.2 Å². The Labute approximate surface area is 111 Å². The minimum atomic E-state index is 0.0493. The van der Waals surface area contributed by atoms with Crippen molar-refractivity contribution in [3.05, 3.63) is 39.8 Å². The molecule has 2 aromatic rings.